The highest BCUT2D eigenvalue weighted by molar-refractivity contribution is 5.76. The molecule has 4 heteroatoms. The summed E-state index contributed by atoms with van der Waals surface area (Å²) in [4.78, 5) is 10.5. The summed E-state index contributed by atoms with van der Waals surface area (Å²) < 4.78 is 0. The van der Waals surface area contributed by atoms with E-state index in [0.717, 1.165) is 36.2 Å². The Bertz CT molecular complexity index is 550. The minimum atomic E-state index is 0.185. The fourth-order valence-electron chi connectivity index (χ4n) is 2.74. The molecule has 2 aromatic rings. The molecule has 0 spiro atoms. The number of aromatic amines is 1. The van der Waals surface area contributed by atoms with Gasteiger partial charge in [-0.3, -0.25) is 4.90 Å². The minimum absolute atomic E-state index is 0.185. The first-order chi connectivity index (χ1) is 9.73. The van der Waals surface area contributed by atoms with E-state index < -0.39 is 0 Å². The van der Waals surface area contributed by atoms with Gasteiger partial charge in [0.15, 0.2) is 0 Å². The van der Waals surface area contributed by atoms with Crippen LogP contribution in [0.15, 0.2) is 18.2 Å². The Kier molecular flexibility index (Phi) is 5.15. The lowest BCUT2D eigenvalue weighted by Crippen LogP contribution is -2.31. The van der Waals surface area contributed by atoms with E-state index in [0.29, 0.717) is 6.54 Å². The third kappa shape index (κ3) is 3.02. The number of aryl methyl sites for hydroxylation is 1. The van der Waals surface area contributed by atoms with Gasteiger partial charge in [-0.2, -0.15) is 0 Å². The van der Waals surface area contributed by atoms with Gasteiger partial charge in [0, 0.05) is 6.54 Å². The third-order valence-electron chi connectivity index (χ3n) is 3.91. The van der Waals surface area contributed by atoms with Crippen molar-refractivity contribution in [2.45, 2.75) is 39.7 Å². The number of benzene rings is 1. The second-order valence-electron chi connectivity index (χ2n) is 5.10. The van der Waals surface area contributed by atoms with Crippen molar-refractivity contribution in [3.05, 3.63) is 29.6 Å². The molecule has 0 aliphatic heterocycles. The van der Waals surface area contributed by atoms with E-state index in [-0.39, 0.29) is 12.6 Å². The van der Waals surface area contributed by atoms with Gasteiger partial charge < -0.3 is 10.1 Å². The average molecular weight is 275 g/mol. The SMILES string of the molecule is CCc1ccc2nc(C(CC)N(CC)CCO)[nH]c2c1. The molecule has 1 atom stereocenters. The summed E-state index contributed by atoms with van der Waals surface area (Å²) in [6, 6.07) is 6.65. The summed E-state index contributed by atoms with van der Waals surface area (Å²) in [5, 5.41) is 9.19. The van der Waals surface area contributed by atoms with E-state index in [1.807, 2.05) is 0 Å². The topological polar surface area (TPSA) is 52.1 Å². The molecule has 1 unspecified atom stereocenters. The normalized spacial score (nSPS) is 13.2. The first kappa shape index (κ1) is 15.0. The summed E-state index contributed by atoms with van der Waals surface area (Å²) in [6.45, 7) is 8.23. The number of aliphatic hydroxyl groups is 1. The molecule has 0 aliphatic rings. The first-order valence-electron chi connectivity index (χ1n) is 7.56. The summed E-state index contributed by atoms with van der Waals surface area (Å²) in [5.74, 6) is 1.01. The number of hydrogen-bond acceptors (Lipinski definition) is 3. The zero-order valence-corrected chi connectivity index (χ0v) is 12.7. The van der Waals surface area contributed by atoms with Crippen molar-refractivity contribution in [2.75, 3.05) is 19.7 Å². The smallest absolute Gasteiger partial charge is 0.124 e. The van der Waals surface area contributed by atoms with Gasteiger partial charge in [0.25, 0.3) is 0 Å². The molecule has 20 heavy (non-hydrogen) atoms. The van der Waals surface area contributed by atoms with Crippen LogP contribution in [0.5, 0.6) is 0 Å². The molecule has 2 rings (SSSR count). The van der Waals surface area contributed by atoms with Crippen molar-refractivity contribution in [1.29, 1.82) is 0 Å². The molecule has 110 valence electrons. The largest absolute Gasteiger partial charge is 0.395 e. The Labute approximate surface area is 120 Å². The highest BCUT2D eigenvalue weighted by atomic mass is 16.3. The van der Waals surface area contributed by atoms with Crippen LogP contribution < -0.4 is 0 Å². The lowest BCUT2D eigenvalue weighted by molar-refractivity contribution is 0.149. The molecular formula is C16H25N3O. The van der Waals surface area contributed by atoms with Crippen LogP contribution in [0.25, 0.3) is 11.0 Å². The number of nitrogens with zero attached hydrogens (tertiary/aromatic N) is 2. The number of aliphatic hydroxyl groups excluding tert-OH is 1. The Morgan fingerprint density at radius 1 is 1.30 bits per heavy atom. The van der Waals surface area contributed by atoms with Gasteiger partial charge in [-0.15, -0.1) is 0 Å². The number of hydrogen-bond donors (Lipinski definition) is 2. The van der Waals surface area contributed by atoms with Gasteiger partial charge in [-0.25, -0.2) is 4.98 Å². The van der Waals surface area contributed by atoms with Crippen molar-refractivity contribution in [2.24, 2.45) is 0 Å². The van der Waals surface area contributed by atoms with Crippen molar-refractivity contribution in [1.82, 2.24) is 14.9 Å². The maximum absolute atomic E-state index is 9.19. The second-order valence-corrected chi connectivity index (χ2v) is 5.10. The lowest BCUT2D eigenvalue weighted by Gasteiger charge is -2.27. The fourth-order valence-corrected chi connectivity index (χ4v) is 2.74. The minimum Gasteiger partial charge on any atom is -0.395 e. The van der Waals surface area contributed by atoms with Gasteiger partial charge in [-0.1, -0.05) is 26.8 Å². The molecule has 0 saturated carbocycles. The number of imidazole rings is 1. The van der Waals surface area contributed by atoms with Crippen LogP contribution in [0.1, 0.15) is 44.6 Å². The first-order valence-corrected chi connectivity index (χ1v) is 7.56. The Morgan fingerprint density at radius 2 is 2.10 bits per heavy atom. The predicted octanol–water partition coefficient (Wildman–Crippen LogP) is 2.89. The van der Waals surface area contributed by atoms with Crippen molar-refractivity contribution < 1.29 is 5.11 Å². The Morgan fingerprint density at radius 3 is 2.70 bits per heavy atom. The van der Waals surface area contributed by atoms with Gasteiger partial charge >= 0.3 is 0 Å². The molecule has 0 saturated heterocycles. The highest BCUT2D eigenvalue weighted by Crippen LogP contribution is 2.24. The van der Waals surface area contributed by atoms with Gasteiger partial charge in [0.2, 0.25) is 0 Å². The highest BCUT2D eigenvalue weighted by Gasteiger charge is 2.20. The molecule has 0 bridgehead atoms. The zero-order chi connectivity index (χ0) is 14.5. The molecule has 0 amide bonds. The Balaban J connectivity index is 2.34. The molecule has 1 aromatic heterocycles. The predicted molar refractivity (Wildman–Crippen MR) is 82.8 cm³/mol. The monoisotopic (exact) mass is 275 g/mol. The van der Waals surface area contributed by atoms with Crippen LogP contribution >= 0.6 is 0 Å². The number of fused-ring (bicyclic) bond motifs is 1. The van der Waals surface area contributed by atoms with Crippen LogP contribution in [0.2, 0.25) is 0 Å². The number of likely N-dealkylation sites (N-methyl/N-ethyl adjacent to an activating group) is 1. The number of aromatic nitrogens is 2. The van der Waals surface area contributed by atoms with Crippen LogP contribution in [0.3, 0.4) is 0 Å². The molecular weight excluding hydrogens is 250 g/mol. The molecule has 2 N–H and O–H groups in total. The van der Waals surface area contributed by atoms with Crippen molar-refractivity contribution in [3.63, 3.8) is 0 Å². The number of rotatable bonds is 7. The van der Waals surface area contributed by atoms with Gasteiger partial charge in [0.1, 0.15) is 5.82 Å². The van der Waals surface area contributed by atoms with E-state index in [2.05, 4.69) is 48.9 Å². The standard InChI is InChI=1S/C16H25N3O/c1-4-12-7-8-13-14(11-12)18-16(17-13)15(5-2)19(6-3)9-10-20/h7-8,11,15,20H,4-6,9-10H2,1-3H3,(H,17,18). The second kappa shape index (κ2) is 6.86. The van der Waals surface area contributed by atoms with E-state index in [9.17, 15) is 5.11 Å². The van der Waals surface area contributed by atoms with Crippen LogP contribution in [0.4, 0.5) is 0 Å². The summed E-state index contributed by atoms with van der Waals surface area (Å²) in [7, 11) is 0. The number of nitrogens with one attached hydrogen (secondary N) is 1. The maximum atomic E-state index is 9.19. The van der Waals surface area contributed by atoms with E-state index in [4.69, 9.17) is 4.98 Å². The van der Waals surface area contributed by atoms with Crippen LogP contribution in [-0.2, 0) is 6.42 Å². The average Bonchev–Trinajstić information content (AvgIpc) is 2.89. The zero-order valence-electron chi connectivity index (χ0n) is 12.7. The maximum Gasteiger partial charge on any atom is 0.124 e. The van der Waals surface area contributed by atoms with E-state index >= 15 is 0 Å². The van der Waals surface area contributed by atoms with Crippen LogP contribution in [0, 0.1) is 0 Å². The molecule has 0 aliphatic carbocycles. The molecule has 1 aromatic carbocycles. The van der Waals surface area contributed by atoms with E-state index in [1.165, 1.54) is 5.56 Å². The van der Waals surface area contributed by atoms with Gasteiger partial charge in [-0.05, 0) is 37.1 Å². The van der Waals surface area contributed by atoms with Crippen LogP contribution in [-0.4, -0.2) is 39.7 Å². The summed E-state index contributed by atoms with van der Waals surface area (Å²) in [6.07, 6.45) is 2.02. The van der Waals surface area contributed by atoms with Gasteiger partial charge in [0.05, 0.1) is 23.7 Å². The summed E-state index contributed by atoms with van der Waals surface area (Å²) >= 11 is 0. The lowest BCUT2D eigenvalue weighted by atomic mass is 10.1. The summed E-state index contributed by atoms with van der Waals surface area (Å²) in [5.41, 5.74) is 3.46. The Hall–Kier alpha value is -1.39. The molecule has 0 fully saturated rings. The van der Waals surface area contributed by atoms with E-state index in [1.54, 1.807) is 0 Å². The number of H-pyrrole nitrogens is 1. The third-order valence-corrected chi connectivity index (χ3v) is 3.91. The molecule has 1 heterocycles. The molecule has 0 radical (unpaired) electrons. The quantitative estimate of drug-likeness (QED) is 0.817. The van der Waals surface area contributed by atoms with Crippen molar-refractivity contribution >= 4 is 11.0 Å². The fraction of sp³-hybridized carbons (Fsp3) is 0.562. The van der Waals surface area contributed by atoms with Crippen molar-refractivity contribution in [3.8, 4) is 0 Å². The molecule has 4 nitrogen and oxygen atoms in total.